The number of nitrogens with zero attached hydrogens (tertiary/aromatic N) is 1. The minimum atomic E-state index is -0.0630. The third kappa shape index (κ3) is 4.68. The number of H-pyrrole nitrogens is 1. The fourth-order valence-electron chi connectivity index (χ4n) is 2.35. The molecule has 0 unspecified atom stereocenters. The van der Waals surface area contributed by atoms with Crippen LogP contribution in [0.5, 0.6) is 11.5 Å². The number of rotatable bonds is 6. The molecule has 6 heteroatoms. The Bertz CT molecular complexity index is 955. The topological polar surface area (TPSA) is 55.0 Å². The van der Waals surface area contributed by atoms with Gasteiger partial charge >= 0.3 is 0 Å². The fraction of sp³-hybridized carbons (Fsp3) is 0.200. The van der Waals surface area contributed by atoms with Crippen molar-refractivity contribution in [3.05, 3.63) is 80.7 Å². The van der Waals surface area contributed by atoms with Gasteiger partial charge in [-0.2, -0.15) is 0 Å². The molecule has 1 aromatic heterocycles. The molecule has 0 aliphatic carbocycles. The summed E-state index contributed by atoms with van der Waals surface area (Å²) in [4.78, 5) is 18.9. The molecule has 4 nitrogen and oxygen atoms in total. The van der Waals surface area contributed by atoms with Crippen LogP contribution in [0.25, 0.3) is 0 Å². The first-order valence-corrected chi connectivity index (χ1v) is 9.65. The zero-order chi connectivity index (χ0) is 18.5. The van der Waals surface area contributed by atoms with Gasteiger partial charge in [0.2, 0.25) is 0 Å². The van der Waals surface area contributed by atoms with Crippen molar-refractivity contribution in [3.8, 4) is 11.5 Å². The zero-order valence-corrected chi connectivity index (χ0v) is 16.2. The van der Waals surface area contributed by atoms with Crippen molar-refractivity contribution in [3.63, 3.8) is 0 Å². The van der Waals surface area contributed by atoms with E-state index in [1.165, 1.54) is 11.8 Å². The summed E-state index contributed by atoms with van der Waals surface area (Å²) in [5, 5.41) is 1.35. The molecule has 0 amide bonds. The lowest BCUT2D eigenvalue weighted by atomic mass is 10.2. The summed E-state index contributed by atoms with van der Waals surface area (Å²) >= 11 is 7.53. The van der Waals surface area contributed by atoms with Crippen LogP contribution in [0.2, 0.25) is 5.02 Å². The number of aromatic nitrogens is 2. The van der Waals surface area contributed by atoms with E-state index in [1.54, 1.807) is 6.20 Å². The van der Waals surface area contributed by atoms with Gasteiger partial charge in [-0.3, -0.25) is 4.79 Å². The van der Waals surface area contributed by atoms with Crippen molar-refractivity contribution in [2.75, 3.05) is 0 Å². The Morgan fingerprint density at radius 3 is 2.54 bits per heavy atom. The highest BCUT2D eigenvalue weighted by molar-refractivity contribution is 7.98. The summed E-state index contributed by atoms with van der Waals surface area (Å²) in [5.41, 5.74) is 2.74. The second-order valence-corrected chi connectivity index (χ2v) is 7.21. The fourth-order valence-corrected chi connectivity index (χ4v) is 3.26. The van der Waals surface area contributed by atoms with E-state index in [0.29, 0.717) is 17.1 Å². The highest BCUT2D eigenvalue weighted by atomic mass is 35.5. The van der Waals surface area contributed by atoms with Crippen LogP contribution < -0.4 is 10.3 Å². The Kier molecular flexibility index (Phi) is 6.01. The summed E-state index contributed by atoms with van der Waals surface area (Å²) in [5.74, 6) is 2.24. The third-order valence-electron chi connectivity index (χ3n) is 3.89. The maximum absolute atomic E-state index is 11.8. The molecule has 0 bridgehead atoms. The predicted octanol–water partition coefficient (Wildman–Crippen LogP) is 5.38. The van der Waals surface area contributed by atoms with Gasteiger partial charge < -0.3 is 9.72 Å². The summed E-state index contributed by atoms with van der Waals surface area (Å²) in [6, 6.07) is 13.4. The number of ether oxygens (including phenoxy) is 1. The maximum atomic E-state index is 11.8. The summed E-state index contributed by atoms with van der Waals surface area (Å²) in [7, 11) is 0. The largest absolute Gasteiger partial charge is 0.457 e. The van der Waals surface area contributed by atoms with Crippen molar-refractivity contribution in [2.24, 2.45) is 0 Å². The Labute approximate surface area is 161 Å². The molecular weight excluding hydrogens is 368 g/mol. The van der Waals surface area contributed by atoms with Gasteiger partial charge in [-0.05, 0) is 54.8 Å². The van der Waals surface area contributed by atoms with Crippen LogP contribution in [-0.4, -0.2) is 9.97 Å². The van der Waals surface area contributed by atoms with Gasteiger partial charge in [0.25, 0.3) is 5.56 Å². The number of hydrogen-bond donors (Lipinski definition) is 1. The van der Waals surface area contributed by atoms with E-state index in [4.69, 9.17) is 16.3 Å². The number of aromatic amines is 1. The highest BCUT2D eigenvalue weighted by Gasteiger charge is 2.04. The van der Waals surface area contributed by atoms with E-state index in [2.05, 4.69) is 9.97 Å². The minimum Gasteiger partial charge on any atom is -0.457 e. The van der Waals surface area contributed by atoms with E-state index in [9.17, 15) is 4.79 Å². The molecule has 1 heterocycles. The van der Waals surface area contributed by atoms with Gasteiger partial charge in [-0.1, -0.05) is 42.4 Å². The van der Waals surface area contributed by atoms with E-state index in [-0.39, 0.29) is 5.56 Å². The van der Waals surface area contributed by atoms with E-state index in [0.717, 1.165) is 33.4 Å². The van der Waals surface area contributed by atoms with Gasteiger partial charge in [-0.25, -0.2) is 4.98 Å². The van der Waals surface area contributed by atoms with Crippen molar-refractivity contribution < 1.29 is 4.74 Å². The van der Waals surface area contributed by atoms with Crippen molar-refractivity contribution in [2.45, 2.75) is 31.2 Å². The monoisotopic (exact) mass is 386 g/mol. The lowest BCUT2D eigenvalue weighted by Crippen LogP contribution is -2.13. The molecule has 0 aliphatic heterocycles. The normalized spacial score (nSPS) is 10.7. The van der Waals surface area contributed by atoms with Crippen molar-refractivity contribution >= 4 is 23.4 Å². The van der Waals surface area contributed by atoms with Gasteiger partial charge in [0.05, 0.1) is 0 Å². The van der Waals surface area contributed by atoms with Gasteiger partial charge in [0, 0.05) is 22.5 Å². The first kappa shape index (κ1) is 18.5. The molecule has 0 saturated heterocycles. The number of aryl methyl sites for hydroxylation is 2. The second kappa shape index (κ2) is 8.43. The molecule has 0 spiro atoms. The molecule has 0 saturated carbocycles. The molecule has 1 N–H and O–H groups in total. The van der Waals surface area contributed by atoms with Gasteiger partial charge in [0.15, 0.2) is 5.16 Å². The van der Waals surface area contributed by atoms with Crippen LogP contribution in [0.1, 0.15) is 23.6 Å². The number of thioether (sulfide) groups is 1. The first-order valence-electron chi connectivity index (χ1n) is 8.29. The molecule has 2 aromatic carbocycles. The Balaban J connectivity index is 1.61. The molecular formula is C20H19ClN2O2S. The van der Waals surface area contributed by atoms with Crippen LogP contribution in [0.4, 0.5) is 0 Å². The molecule has 0 radical (unpaired) electrons. The van der Waals surface area contributed by atoms with E-state index >= 15 is 0 Å². The Hall–Kier alpha value is -2.24. The second-order valence-electron chi connectivity index (χ2n) is 5.84. The van der Waals surface area contributed by atoms with Crippen molar-refractivity contribution in [1.29, 1.82) is 0 Å². The van der Waals surface area contributed by atoms with Gasteiger partial charge in [0.1, 0.15) is 11.5 Å². The standard InChI is InChI=1S/C20H19ClN2O2S/c1-3-15-11-22-20(23-19(15)24)26-12-14-4-6-16(7-5-14)25-17-8-9-18(21)13(2)10-17/h4-11H,3,12H2,1-2H3,(H,22,23,24). The minimum absolute atomic E-state index is 0.0630. The van der Waals surface area contributed by atoms with Crippen LogP contribution in [0.15, 0.2) is 58.6 Å². The molecule has 3 aromatic rings. The smallest absolute Gasteiger partial charge is 0.254 e. The van der Waals surface area contributed by atoms with E-state index < -0.39 is 0 Å². The maximum Gasteiger partial charge on any atom is 0.254 e. The lowest BCUT2D eigenvalue weighted by molar-refractivity contribution is 0.482. The molecule has 0 fully saturated rings. The summed E-state index contributed by atoms with van der Waals surface area (Å²) in [6.45, 7) is 3.88. The number of benzene rings is 2. The van der Waals surface area contributed by atoms with Crippen LogP contribution in [-0.2, 0) is 12.2 Å². The van der Waals surface area contributed by atoms with Crippen LogP contribution >= 0.6 is 23.4 Å². The quantitative estimate of drug-likeness (QED) is 0.456. The molecule has 0 aliphatic rings. The lowest BCUT2D eigenvalue weighted by Gasteiger charge is -2.08. The molecule has 134 valence electrons. The van der Waals surface area contributed by atoms with E-state index in [1.807, 2.05) is 56.3 Å². The zero-order valence-electron chi connectivity index (χ0n) is 14.6. The number of hydrogen-bond acceptors (Lipinski definition) is 4. The van der Waals surface area contributed by atoms with Gasteiger partial charge in [-0.15, -0.1) is 0 Å². The van der Waals surface area contributed by atoms with Crippen LogP contribution in [0, 0.1) is 6.92 Å². The molecule has 0 atom stereocenters. The predicted molar refractivity (Wildman–Crippen MR) is 107 cm³/mol. The number of halogens is 1. The third-order valence-corrected chi connectivity index (χ3v) is 5.28. The summed E-state index contributed by atoms with van der Waals surface area (Å²) in [6.07, 6.45) is 2.33. The average Bonchev–Trinajstić information content (AvgIpc) is 2.64. The molecule has 3 rings (SSSR count). The number of nitrogens with one attached hydrogen (secondary N) is 1. The molecule has 26 heavy (non-hydrogen) atoms. The summed E-state index contributed by atoms with van der Waals surface area (Å²) < 4.78 is 5.85. The first-order chi connectivity index (χ1) is 12.5. The Morgan fingerprint density at radius 2 is 1.88 bits per heavy atom. The van der Waals surface area contributed by atoms with Crippen LogP contribution in [0.3, 0.4) is 0 Å². The average molecular weight is 387 g/mol. The SMILES string of the molecule is CCc1cnc(SCc2ccc(Oc3ccc(Cl)c(C)c3)cc2)[nH]c1=O. The van der Waals surface area contributed by atoms with Crippen molar-refractivity contribution in [1.82, 2.24) is 9.97 Å². The Morgan fingerprint density at radius 1 is 1.15 bits per heavy atom. The highest BCUT2D eigenvalue weighted by Crippen LogP contribution is 2.27.